The van der Waals surface area contributed by atoms with Crippen LogP contribution >= 0.6 is 0 Å². The Bertz CT molecular complexity index is 727. The molecule has 0 atom stereocenters. The number of ether oxygens (including phenoxy) is 3. The van der Waals surface area contributed by atoms with Crippen molar-refractivity contribution in [3.63, 3.8) is 0 Å². The highest BCUT2D eigenvalue weighted by atomic mass is 16.6. The Balaban J connectivity index is 1.86. The third-order valence-corrected chi connectivity index (χ3v) is 3.57. The summed E-state index contributed by atoms with van der Waals surface area (Å²) in [6, 6.07) is 10.9. The molecule has 0 aromatic heterocycles. The van der Waals surface area contributed by atoms with Crippen molar-refractivity contribution in [1.82, 2.24) is 0 Å². The lowest BCUT2D eigenvalue weighted by molar-refractivity contribution is 0.102. The van der Waals surface area contributed by atoms with Gasteiger partial charge in [0.1, 0.15) is 19.0 Å². The first kappa shape index (κ1) is 15.2. The number of nitrogens with one attached hydrogen (secondary N) is 1. The number of carbonyl (C=O) groups is 1. The SMILES string of the molecule is CCOc1ccccc1NC(=O)c1cc2c(cc1C)OCCO2. The standard InChI is InChI=1S/C18H19NO4/c1-3-21-15-7-5-4-6-14(15)19-18(20)13-11-17-16(10-12(13)2)22-8-9-23-17/h4-7,10-11H,3,8-9H2,1-2H3,(H,19,20). The zero-order valence-electron chi connectivity index (χ0n) is 13.2. The van der Waals surface area contributed by atoms with E-state index in [0.717, 1.165) is 5.56 Å². The summed E-state index contributed by atoms with van der Waals surface area (Å²) in [5.74, 6) is 1.73. The van der Waals surface area contributed by atoms with Gasteiger partial charge in [0, 0.05) is 5.56 Å². The fourth-order valence-electron chi connectivity index (χ4n) is 2.48. The average molecular weight is 313 g/mol. The fourth-order valence-corrected chi connectivity index (χ4v) is 2.48. The van der Waals surface area contributed by atoms with E-state index >= 15 is 0 Å². The number of anilines is 1. The molecule has 0 unspecified atom stereocenters. The Morgan fingerprint density at radius 1 is 1.17 bits per heavy atom. The zero-order valence-corrected chi connectivity index (χ0v) is 13.2. The van der Waals surface area contributed by atoms with E-state index in [1.165, 1.54) is 0 Å². The number of benzene rings is 2. The van der Waals surface area contributed by atoms with Crippen LogP contribution in [0.4, 0.5) is 5.69 Å². The highest BCUT2D eigenvalue weighted by molar-refractivity contribution is 6.06. The van der Waals surface area contributed by atoms with Gasteiger partial charge in [-0.3, -0.25) is 4.79 Å². The molecule has 1 aliphatic heterocycles. The number of hydrogen-bond acceptors (Lipinski definition) is 4. The van der Waals surface area contributed by atoms with Gasteiger partial charge in [0.15, 0.2) is 11.5 Å². The molecule has 120 valence electrons. The van der Waals surface area contributed by atoms with Gasteiger partial charge in [0.2, 0.25) is 0 Å². The molecule has 2 aromatic carbocycles. The second-order valence-electron chi connectivity index (χ2n) is 5.19. The van der Waals surface area contributed by atoms with Crippen molar-refractivity contribution in [1.29, 1.82) is 0 Å². The number of aryl methyl sites for hydroxylation is 1. The molecule has 2 aromatic rings. The maximum absolute atomic E-state index is 12.6. The topological polar surface area (TPSA) is 56.8 Å². The van der Waals surface area contributed by atoms with E-state index in [9.17, 15) is 4.79 Å². The van der Waals surface area contributed by atoms with Gasteiger partial charge in [-0.25, -0.2) is 0 Å². The molecule has 1 aliphatic rings. The van der Waals surface area contributed by atoms with Crippen LogP contribution in [-0.4, -0.2) is 25.7 Å². The molecular formula is C18H19NO4. The Kier molecular flexibility index (Phi) is 4.37. The summed E-state index contributed by atoms with van der Waals surface area (Å²) in [4.78, 5) is 12.6. The monoisotopic (exact) mass is 313 g/mol. The zero-order chi connectivity index (χ0) is 16.2. The molecule has 1 N–H and O–H groups in total. The van der Waals surface area contributed by atoms with Crippen molar-refractivity contribution in [3.05, 3.63) is 47.5 Å². The molecular weight excluding hydrogens is 294 g/mol. The van der Waals surface area contributed by atoms with Crippen LogP contribution in [0.15, 0.2) is 36.4 Å². The summed E-state index contributed by atoms with van der Waals surface area (Å²) in [6.07, 6.45) is 0. The summed E-state index contributed by atoms with van der Waals surface area (Å²) < 4.78 is 16.6. The van der Waals surface area contributed by atoms with E-state index < -0.39 is 0 Å². The van der Waals surface area contributed by atoms with Gasteiger partial charge in [-0.05, 0) is 43.7 Å². The highest BCUT2D eigenvalue weighted by Crippen LogP contribution is 2.33. The van der Waals surface area contributed by atoms with E-state index in [1.54, 1.807) is 6.07 Å². The van der Waals surface area contributed by atoms with E-state index in [0.29, 0.717) is 48.3 Å². The van der Waals surface area contributed by atoms with Crippen molar-refractivity contribution in [2.24, 2.45) is 0 Å². The van der Waals surface area contributed by atoms with Gasteiger partial charge in [-0.2, -0.15) is 0 Å². The van der Waals surface area contributed by atoms with Gasteiger partial charge in [-0.15, -0.1) is 0 Å². The summed E-state index contributed by atoms with van der Waals surface area (Å²) in [5, 5.41) is 2.90. The van der Waals surface area contributed by atoms with Gasteiger partial charge in [0.05, 0.1) is 12.3 Å². The van der Waals surface area contributed by atoms with Crippen LogP contribution in [0.3, 0.4) is 0 Å². The van der Waals surface area contributed by atoms with E-state index in [-0.39, 0.29) is 5.91 Å². The van der Waals surface area contributed by atoms with Crippen molar-refractivity contribution >= 4 is 11.6 Å². The first-order valence-corrected chi connectivity index (χ1v) is 7.62. The molecule has 1 heterocycles. The van der Waals surface area contributed by atoms with Crippen molar-refractivity contribution in [3.8, 4) is 17.2 Å². The first-order valence-electron chi connectivity index (χ1n) is 7.62. The second-order valence-corrected chi connectivity index (χ2v) is 5.19. The smallest absolute Gasteiger partial charge is 0.256 e. The molecule has 5 heteroatoms. The molecule has 5 nitrogen and oxygen atoms in total. The Labute approximate surface area is 135 Å². The fraction of sp³-hybridized carbons (Fsp3) is 0.278. The lowest BCUT2D eigenvalue weighted by Gasteiger charge is -2.20. The van der Waals surface area contributed by atoms with Crippen LogP contribution in [0.5, 0.6) is 17.2 Å². The molecule has 23 heavy (non-hydrogen) atoms. The quantitative estimate of drug-likeness (QED) is 0.939. The molecule has 0 fully saturated rings. The van der Waals surface area contributed by atoms with Crippen molar-refractivity contribution < 1.29 is 19.0 Å². The predicted molar refractivity (Wildman–Crippen MR) is 87.7 cm³/mol. The second kappa shape index (κ2) is 6.60. The lowest BCUT2D eigenvalue weighted by Crippen LogP contribution is -2.18. The average Bonchev–Trinajstić information content (AvgIpc) is 2.56. The minimum Gasteiger partial charge on any atom is -0.492 e. The predicted octanol–water partition coefficient (Wildman–Crippen LogP) is 3.42. The molecule has 0 radical (unpaired) electrons. The van der Waals surface area contributed by atoms with Crippen LogP contribution < -0.4 is 19.5 Å². The van der Waals surface area contributed by atoms with Crippen LogP contribution in [-0.2, 0) is 0 Å². The van der Waals surface area contributed by atoms with Crippen molar-refractivity contribution in [2.75, 3.05) is 25.1 Å². The normalized spacial score (nSPS) is 12.6. The van der Waals surface area contributed by atoms with E-state index in [1.807, 2.05) is 44.2 Å². The van der Waals surface area contributed by atoms with Gasteiger partial charge >= 0.3 is 0 Å². The molecule has 0 saturated carbocycles. The summed E-state index contributed by atoms with van der Waals surface area (Å²) in [7, 11) is 0. The number of amides is 1. The number of carbonyl (C=O) groups excluding carboxylic acids is 1. The van der Waals surface area contributed by atoms with Gasteiger partial charge in [-0.1, -0.05) is 12.1 Å². The number of fused-ring (bicyclic) bond motifs is 1. The third kappa shape index (κ3) is 3.23. The van der Waals surface area contributed by atoms with Gasteiger partial charge < -0.3 is 19.5 Å². The van der Waals surface area contributed by atoms with Crippen LogP contribution in [0.2, 0.25) is 0 Å². The molecule has 0 spiro atoms. The summed E-state index contributed by atoms with van der Waals surface area (Å²) in [6.45, 7) is 5.34. The molecule has 0 saturated heterocycles. The summed E-state index contributed by atoms with van der Waals surface area (Å²) >= 11 is 0. The lowest BCUT2D eigenvalue weighted by atomic mass is 10.1. The Morgan fingerprint density at radius 2 is 1.87 bits per heavy atom. The maximum atomic E-state index is 12.6. The molecule has 0 aliphatic carbocycles. The van der Waals surface area contributed by atoms with E-state index in [2.05, 4.69) is 5.32 Å². The van der Waals surface area contributed by atoms with Crippen molar-refractivity contribution in [2.45, 2.75) is 13.8 Å². The number of hydrogen-bond donors (Lipinski definition) is 1. The largest absolute Gasteiger partial charge is 0.492 e. The van der Waals surface area contributed by atoms with Crippen LogP contribution in [0.1, 0.15) is 22.8 Å². The minimum atomic E-state index is -0.202. The van der Waals surface area contributed by atoms with E-state index in [4.69, 9.17) is 14.2 Å². The van der Waals surface area contributed by atoms with Crippen LogP contribution in [0, 0.1) is 6.92 Å². The number of para-hydroxylation sites is 2. The highest BCUT2D eigenvalue weighted by Gasteiger charge is 2.18. The Morgan fingerprint density at radius 3 is 2.61 bits per heavy atom. The maximum Gasteiger partial charge on any atom is 0.256 e. The first-order chi connectivity index (χ1) is 11.2. The molecule has 1 amide bonds. The van der Waals surface area contributed by atoms with Crippen LogP contribution in [0.25, 0.3) is 0 Å². The number of rotatable bonds is 4. The Hall–Kier alpha value is -2.69. The minimum absolute atomic E-state index is 0.202. The third-order valence-electron chi connectivity index (χ3n) is 3.57. The molecule has 3 rings (SSSR count). The summed E-state index contributed by atoms with van der Waals surface area (Å²) in [5.41, 5.74) is 2.04. The molecule has 0 bridgehead atoms. The van der Waals surface area contributed by atoms with Gasteiger partial charge in [0.25, 0.3) is 5.91 Å².